The molecule has 1 saturated carbocycles. The Morgan fingerprint density at radius 3 is 2.22 bits per heavy atom. The summed E-state index contributed by atoms with van der Waals surface area (Å²) in [5.74, 6) is -0.347. The Kier molecular flexibility index (Phi) is 6.02. The summed E-state index contributed by atoms with van der Waals surface area (Å²) in [6, 6.07) is -0.0195. The van der Waals surface area contributed by atoms with Crippen LogP contribution in [-0.2, 0) is 19.4 Å². The third-order valence-corrected chi connectivity index (χ3v) is 6.60. The first-order valence-corrected chi connectivity index (χ1v) is 10.2. The van der Waals surface area contributed by atoms with Gasteiger partial charge in [-0.3, -0.25) is 14.5 Å². The zero-order valence-corrected chi connectivity index (χ0v) is 14.6. The van der Waals surface area contributed by atoms with Gasteiger partial charge in [-0.05, 0) is 26.2 Å². The topological polar surface area (TPSA) is 101 Å². The zero-order chi connectivity index (χ0) is 17.0. The molecule has 0 aromatic rings. The van der Waals surface area contributed by atoms with E-state index in [0.717, 1.165) is 25.7 Å². The number of hydrogen-bond donors (Lipinski definition) is 1. The maximum atomic E-state index is 12.7. The summed E-state index contributed by atoms with van der Waals surface area (Å²) in [7, 11) is -3.03. The lowest BCUT2D eigenvalue weighted by Crippen LogP contribution is -2.50. The van der Waals surface area contributed by atoms with Crippen LogP contribution < -0.4 is 5.73 Å². The van der Waals surface area contributed by atoms with E-state index >= 15 is 0 Å². The van der Waals surface area contributed by atoms with Gasteiger partial charge in [-0.15, -0.1) is 0 Å². The summed E-state index contributed by atoms with van der Waals surface area (Å²) in [6.07, 6.45) is 4.66. The number of carbonyl (C=O) groups is 2. The Morgan fingerprint density at radius 1 is 1.09 bits per heavy atom. The van der Waals surface area contributed by atoms with Gasteiger partial charge in [-0.2, -0.15) is 0 Å². The summed E-state index contributed by atoms with van der Waals surface area (Å²) < 4.78 is 23.3. The molecule has 0 radical (unpaired) electrons. The minimum Gasteiger partial charge on any atom is -0.369 e. The molecule has 7 nitrogen and oxygen atoms in total. The second-order valence-electron chi connectivity index (χ2n) is 6.55. The minimum absolute atomic E-state index is 0.0474. The number of rotatable bonds is 7. The van der Waals surface area contributed by atoms with Crippen LogP contribution in [0.1, 0.15) is 39.0 Å². The number of sulfone groups is 1. The van der Waals surface area contributed by atoms with Crippen molar-refractivity contribution in [2.24, 2.45) is 5.73 Å². The molecule has 1 saturated heterocycles. The summed E-state index contributed by atoms with van der Waals surface area (Å²) >= 11 is 0. The van der Waals surface area contributed by atoms with E-state index in [-0.39, 0.29) is 42.6 Å². The van der Waals surface area contributed by atoms with Crippen LogP contribution in [0.4, 0.5) is 0 Å². The molecule has 2 amide bonds. The van der Waals surface area contributed by atoms with Crippen LogP contribution in [0.3, 0.4) is 0 Å². The van der Waals surface area contributed by atoms with Crippen LogP contribution in [0, 0.1) is 0 Å². The normalized spacial score (nSPS) is 24.2. The fraction of sp³-hybridized carbons (Fsp3) is 0.867. The maximum Gasteiger partial charge on any atom is 0.237 e. The van der Waals surface area contributed by atoms with Gasteiger partial charge in [0, 0.05) is 18.6 Å². The Balaban J connectivity index is 2.02. The van der Waals surface area contributed by atoms with Crippen molar-refractivity contribution in [3.05, 3.63) is 0 Å². The Labute approximate surface area is 138 Å². The molecule has 2 rings (SSSR count). The average molecular weight is 345 g/mol. The van der Waals surface area contributed by atoms with Crippen molar-refractivity contribution in [1.82, 2.24) is 9.80 Å². The molecule has 1 aliphatic carbocycles. The van der Waals surface area contributed by atoms with Crippen molar-refractivity contribution in [3.63, 3.8) is 0 Å². The van der Waals surface area contributed by atoms with Crippen LogP contribution in [-0.4, -0.2) is 73.3 Å². The van der Waals surface area contributed by atoms with Crippen molar-refractivity contribution >= 4 is 21.7 Å². The molecule has 0 aromatic heterocycles. The van der Waals surface area contributed by atoms with Gasteiger partial charge in [-0.1, -0.05) is 12.8 Å². The number of nitrogens with two attached hydrogens (primary N) is 1. The Hall–Kier alpha value is -1.15. The van der Waals surface area contributed by atoms with Gasteiger partial charge in [0.25, 0.3) is 0 Å². The van der Waals surface area contributed by atoms with E-state index in [1.54, 1.807) is 4.90 Å². The molecule has 8 heteroatoms. The molecule has 0 bridgehead atoms. The Morgan fingerprint density at radius 2 is 1.74 bits per heavy atom. The van der Waals surface area contributed by atoms with Crippen molar-refractivity contribution in [2.45, 2.75) is 51.1 Å². The SMILES string of the molecule is CCN(C(=O)CN(CC(N)=O)C1CCCC1)[C@H]1CCS(=O)(=O)C1. The molecule has 0 unspecified atom stereocenters. The summed E-state index contributed by atoms with van der Waals surface area (Å²) in [4.78, 5) is 27.5. The van der Waals surface area contributed by atoms with E-state index in [1.165, 1.54) is 0 Å². The molecule has 1 heterocycles. The van der Waals surface area contributed by atoms with Gasteiger partial charge in [0.05, 0.1) is 24.6 Å². The molecule has 132 valence electrons. The molecule has 23 heavy (non-hydrogen) atoms. The third-order valence-electron chi connectivity index (χ3n) is 4.85. The van der Waals surface area contributed by atoms with Gasteiger partial charge in [0.2, 0.25) is 11.8 Å². The highest BCUT2D eigenvalue weighted by Gasteiger charge is 2.35. The van der Waals surface area contributed by atoms with Gasteiger partial charge in [-0.25, -0.2) is 8.42 Å². The van der Waals surface area contributed by atoms with Crippen LogP contribution >= 0.6 is 0 Å². The maximum absolute atomic E-state index is 12.7. The first-order chi connectivity index (χ1) is 10.8. The van der Waals surface area contributed by atoms with E-state index in [0.29, 0.717) is 13.0 Å². The number of hydrogen-bond acceptors (Lipinski definition) is 5. The standard InChI is InChI=1S/C15H27N3O4S/c1-2-18(13-7-8-23(21,22)11-13)15(20)10-17(9-14(16)19)12-5-3-4-6-12/h12-13H,2-11H2,1H3,(H2,16,19)/t13-/m0/s1. The smallest absolute Gasteiger partial charge is 0.237 e. The second-order valence-corrected chi connectivity index (χ2v) is 8.77. The Bertz CT molecular complexity index is 543. The fourth-order valence-corrected chi connectivity index (χ4v) is 5.44. The number of likely N-dealkylation sites (N-methyl/N-ethyl adjacent to an activating group) is 1. The van der Waals surface area contributed by atoms with E-state index < -0.39 is 15.7 Å². The highest BCUT2D eigenvalue weighted by atomic mass is 32.2. The molecule has 2 N–H and O–H groups in total. The predicted molar refractivity (Wildman–Crippen MR) is 87.5 cm³/mol. The molecular formula is C15H27N3O4S. The van der Waals surface area contributed by atoms with Crippen LogP contribution in [0.15, 0.2) is 0 Å². The molecule has 2 fully saturated rings. The lowest BCUT2D eigenvalue weighted by Gasteiger charge is -2.32. The number of primary amides is 1. The summed E-state index contributed by atoms with van der Waals surface area (Å²) in [5, 5.41) is 0. The van der Waals surface area contributed by atoms with Gasteiger partial charge < -0.3 is 10.6 Å². The fourth-order valence-electron chi connectivity index (χ4n) is 3.71. The lowest BCUT2D eigenvalue weighted by atomic mass is 10.2. The average Bonchev–Trinajstić information content (AvgIpc) is 3.08. The van der Waals surface area contributed by atoms with Gasteiger partial charge in [0.1, 0.15) is 0 Å². The molecule has 1 aliphatic heterocycles. The lowest BCUT2D eigenvalue weighted by molar-refractivity contribution is -0.135. The second kappa shape index (κ2) is 7.61. The van der Waals surface area contributed by atoms with Crippen LogP contribution in [0.5, 0.6) is 0 Å². The number of nitrogens with zero attached hydrogens (tertiary/aromatic N) is 2. The summed E-state index contributed by atoms with van der Waals surface area (Å²) in [6.45, 7) is 2.56. The monoisotopic (exact) mass is 345 g/mol. The van der Waals surface area contributed by atoms with Gasteiger partial charge in [0.15, 0.2) is 9.84 Å². The van der Waals surface area contributed by atoms with E-state index in [4.69, 9.17) is 5.73 Å². The van der Waals surface area contributed by atoms with Crippen molar-refractivity contribution < 1.29 is 18.0 Å². The molecule has 1 atom stereocenters. The van der Waals surface area contributed by atoms with E-state index in [2.05, 4.69) is 0 Å². The van der Waals surface area contributed by atoms with Crippen molar-refractivity contribution in [2.75, 3.05) is 31.1 Å². The predicted octanol–water partition coefficient (Wildman–Crippen LogP) is -0.248. The first kappa shape index (κ1) is 18.2. The number of carbonyl (C=O) groups excluding carboxylic acids is 2. The molecule has 0 spiro atoms. The van der Waals surface area contributed by atoms with Crippen molar-refractivity contribution in [3.8, 4) is 0 Å². The van der Waals surface area contributed by atoms with E-state index in [9.17, 15) is 18.0 Å². The minimum atomic E-state index is -3.03. The molecule has 2 aliphatic rings. The highest BCUT2D eigenvalue weighted by molar-refractivity contribution is 7.91. The van der Waals surface area contributed by atoms with Crippen molar-refractivity contribution in [1.29, 1.82) is 0 Å². The van der Waals surface area contributed by atoms with Gasteiger partial charge >= 0.3 is 0 Å². The highest BCUT2D eigenvalue weighted by Crippen LogP contribution is 2.24. The third kappa shape index (κ3) is 4.91. The number of amides is 2. The molecular weight excluding hydrogens is 318 g/mol. The molecule has 0 aromatic carbocycles. The van der Waals surface area contributed by atoms with Crippen LogP contribution in [0.2, 0.25) is 0 Å². The summed E-state index contributed by atoms with van der Waals surface area (Å²) in [5.41, 5.74) is 5.32. The first-order valence-electron chi connectivity index (χ1n) is 8.34. The van der Waals surface area contributed by atoms with Crippen LogP contribution in [0.25, 0.3) is 0 Å². The quantitative estimate of drug-likeness (QED) is 0.686. The zero-order valence-electron chi connectivity index (χ0n) is 13.7. The largest absolute Gasteiger partial charge is 0.369 e. The van der Waals surface area contributed by atoms with E-state index in [1.807, 2.05) is 11.8 Å².